The molecule has 0 aliphatic carbocycles. The van der Waals surface area contributed by atoms with Crippen molar-refractivity contribution in [3.8, 4) is 5.75 Å². The molecule has 0 aromatic heterocycles. The van der Waals surface area contributed by atoms with E-state index in [9.17, 15) is 0 Å². The molecule has 0 aliphatic heterocycles. The van der Waals surface area contributed by atoms with Crippen molar-refractivity contribution in [1.82, 2.24) is 0 Å². The summed E-state index contributed by atoms with van der Waals surface area (Å²) in [6.07, 6.45) is 5.29. The van der Waals surface area contributed by atoms with E-state index in [1.165, 1.54) is 5.56 Å². The Morgan fingerprint density at radius 2 is 2.21 bits per heavy atom. The fourth-order valence-electron chi connectivity index (χ4n) is 1.26. The molecule has 2 heteroatoms. The van der Waals surface area contributed by atoms with E-state index >= 15 is 0 Å². The van der Waals surface area contributed by atoms with Gasteiger partial charge in [0.05, 0.1) is 7.11 Å². The smallest absolute Gasteiger partial charge is 0.126 e. The minimum Gasteiger partial charge on any atom is -0.496 e. The summed E-state index contributed by atoms with van der Waals surface area (Å²) in [6, 6.07) is 6.19. The zero-order chi connectivity index (χ0) is 10.4. The minimum absolute atomic E-state index is 0.932. The molecule has 0 unspecified atom stereocenters. The number of ether oxygens (including phenoxy) is 1. The molecule has 1 aromatic rings. The van der Waals surface area contributed by atoms with Crippen LogP contribution in [0.2, 0.25) is 0 Å². The molecule has 0 saturated carbocycles. The van der Waals surface area contributed by atoms with Gasteiger partial charge in [-0.05, 0) is 25.5 Å². The Hall–Kier alpha value is -0.760. The zero-order valence-electron chi connectivity index (χ0n) is 8.59. The predicted molar refractivity (Wildman–Crippen MR) is 65.2 cm³/mol. The molecule has 1 aromatic carbocycles. The third kappa shape index (κ3) is 3.18. The molecule has 0 fully saturated rings. The molecule has 0 N–H and O–H groups in total. The van der Waals surface area contributed by atoms with E-state index in [4.69, 9.17) is 4.74 Å². The number of rotatable bonds is 4. The van der Waals surface area contributed by atoms with Gasteiger partial charge < -0.3 is 4.74 Å². The predicted octanol–water partition coefficient (Wildman–Crippen LogP) is 3.80. The Labute approximate surface area is 93.9 Å². The first-order valence-corrected chi connectivity index (χ1v) is 5.77. The summed E-state index contributed by atoms with van der Waals surface area (Å²) in [5, 5.41) is 0.998. The van der Waals surface area contributed by atoms with Crippen molar-refractivity contribution in [2.24, 2.45) is 0 Å². The fraction of sp³-hybridized carbons (Fsp3) is 0.333. The summed E-state index contributed by atoms with van der Waals surface area (Å²) < 4.78 is 5.27. The maximum absolute atomic E-state index is 5.27. The summed E-state index contributed by atoms with van der Waals surface area (Å²) >= 11 is 3.39. The van der Waals surface area contributed by atoms with Gasteiger partial charge in [0, 0.05) is 10.9 Å². The van der Waals surface area contributed by atoms with Crippen LogP contribution >= 0.6 is 15.9 Å². The lowest BCUT2D eigenvalue weighted by Gasteiger charge is -2.05. The largest absolute Gasteiger partial charge is 0.496 e. The van der Waals surface area contributed by atoms with Crippen LogP contribution < -0.4 is 4.74 Å². The summed E-state index contributed by atoms with van der Waals surface area (Å²) in [5.41, 5.74) is 2.40. The zero-order valence-corrected chi connectivity index (χ0v) is 10.2. The molecule has 0 saturated heterocycles. The van der Waals surface area contributed by atoms with Crippen LogP contribution in [-0.4, -0.2) is 12.4 Å². The number of hydrogen-bond donors (Lipinski definition) is 0. The van der Waals surface area contributed by atoms with Crippen LogP contribution in [0, 0.1) is 6.92 Å². The van der Waals surface area contributed by atoms with E-state index in [2.05, 4.69) is 47.1 Å². The summed E-state index contributed by atoms with van der Waals surface area (Å²) in [7, 11) is 1.70. The standard InChI is InChI=1S/C12H15BrO/c1-10-6-7-12(14-2)11(9-10)5-3-4-8-13/h3,5-7,9H,4,8H2,1-2H3. The molecule has 0 radical (unpaired) electrons. The van der Waals surface area contributed by atoms with Gasteiger partial charge in [-0.3, -0.25) is 0 Å². The van der Waals surface area contributed by atoms with Crippen molar-refractivity contribution < 1.29 is 4.74 Å². The number of halogens is 1. The molecule has 0 aliphatic rings. The van der Waals surface area contributed by atoms with Gasteiger partial charge in [-0.1, -0.05) is 39.7 Å². The molecular weight excluding hydrogens is 240 g/mol. The van der Waals surface area contributed by atoms with Gasteiger partial charge in [0.2, 0.25) is 0 Å². The normalized spacial score (nSPS) is 10.8. The molecule has 0 bridgehead atoms. The van der Waals surface area contributed by atoms with Gasteiger partial charge in [-0.15, -0.1) is 0 Å². The third-order valence-corrected chi connectivity index (χ3v) is 2.42. The minimum atomic E-state index is 0.932. The number of aryl methyl sites for hydroxylation is 1. The van der Waals surface area contributed by atoms with Crippen LogP contribution in [0.5, 0.6) is 5.75 Å². The first-order valence-electron chi connectivity index (χ1n) is 4.65. The lowest BCUT2D eigenvalue weighted by molar-refractivity contribution is 0.413. The summed E-state index contributed by atoms with van der Waals surface area (Å²) in [4.78, 5) is 0. The summed E-state index contributed by atoms with van der Waals surface area (Å²) in [5.74, 6) is 0.932. The SMILES string of the molecule is COc1ccc(C)cc1C=CCCBr. The van der Waals surface area contributed by atoms with Crippen LogP contribution in [0.15, 0.2) is 24.3 Å². The second-order valence-corrected chi connectivity index (χ2v) is 3.92. The van der Waals surface area contributed by atoms with Gasteiger partial charge in [0.15, 0.2) is 0 Å². The molecule has 14 heavy (non-hydrogen) atoms. The third-order valence-electron chi connectivity index (χ3n) is 1.96. The van der Waals surface area contributed by atoms with E-state index in [0.29, 0.717) is 0 Å². The van der Waals surface area contributed by atoms with Crippen molar-refractivity contribution in [3.63, 3.8) is 0 Å². The first kappa shape index (κ1) is 11.3. The monoisotopic (exact) mass is 254 g/mol. The highest BCUT2D eigenvalue weighted by Crippen LogP contribution is 2.21. The molecule has 1 rings (SSSR count). The Morgan fingerprint density at radius 1 is 1.43 bits per heavy atom. The Morgan fingerprint density at radius 3 is 2.86 bits per heavy atom. The van der Waals surface area contributed by atoms with E-state index < -0.39 is 0 Å². The van der Waals surface area contributed by atoms with Gasteiger partial charge >= 0.3 is 0 Å². The molecule has 0 atom stereocenters. The van der Waals surface area contributed by atoms with E-state index in [0.717, 1.165) is 23.1 Å². The maximum Gasteiger partial charge on any atom is 0.126 e. The number of benzene rings is 1. The van der Waals surface area contributed by atoms with Crippen molar-refractivity contribution in [2.75, 3.05) is 12.4 Å². The van der Waals surface area contributed by atoms with Crippen LogP contribution in [0.4, 0.5) is 0 Å². The first-order chi connectivity index (χ1) is 6.77. The van der Waals surface area contributed by atoms with Crippen LogP contribution in [0.25, 0.3) is 6.08 Å². The van der Waals surface area contributed by atoms with Crippen molar-refractivity contribution in [1.29, 1.82) is 0 Å². The Kier molecular flexibility index (Phi) is 4.74. The number of hydrogen-bond acceptors (Lipinski definition) is 1. The van der Waals surface area contributed by atoms with Crippen molar-refractivity contribution in [2.45, 2.75) is 13.3 Å². The van der Waals surface area contributed by atoms with Gasteiger partial charge in [-0.2, -0.15) is 0 Å². The molecule has 0 amide bonds. The average molecular weight is 255 g/mol. The lowest BCUT2D eigenvalue weighted by atomic mass is 10.1. The average Bonchev–Trinajstić information content (AvgIpc) is 2.19. The van der Waals surface area contributed by atoms with Gasteiger partial charge in [0.1, 0.15) is 5.75 Å². The lowest BCUT2D eigenvalue weighted by Crippen LogP contribution is -1.87. The van der Waals surface area contributed by atoms with Crippen LogP contribution in [-0.2, 0) is 0 Å². The van der Waals surface area contributed by atoms with E-state index in [1.807, 2.05) is 6.07 Å². The second-order valence-electron chi connectivity index (χ2n) is 3.13. The number of alkyl halides is 1. The van der Waals surface area contributed by atoms with Crippen molar-refractivity contribution in [3.05, 3.63) is 35.4 Å². The van der Waals surface area contributed by atoms with E-state index in [-0.39, 0.29) is 0 Å². The van der Waals surface area contributed by atoms with Gasteiger partial charge in [-0.25, -0.2) is 0 Å². The quantitative estimate of drug-likeness (QED) is 0.743. The van der Waals surface area contributed by atoms with E-state index in [1.54, 1.807) is 7.11 Å². The fourth-order valence-corrected chi connectivity index (χ4v) is 1.52. The molecular formula is C12H15BrO. The highest BCUT2D eigenvalue weighted by atomic mass is 79.9. The van der Waals surface area contributed by atoms with Gasteiger partial charge in [0.25, 0.3) is 0 Å². The highest BCUT2D eigenvalue weighted by molar-refractivity contribution is 9.09. The highest BCUT2D eigenvalue weighted by Gasteiger charge is 1.98. The molecule has 76 valence electrons. The summed E-state index contributed by atoms with van der Waals surface area (Å²) in [6.45, 7) is 2.08. The number of allylic oxidation sites excluding steroid dienone is 1. The maximum atomic E-state index is 5.27. The molecule has 0 spiro atoms. The topological polar surface area (TPSA) is 9.23 Å². The molecule has 1 nitrogen and oxygen atoms in total. The number of methoxy groups -OCH3 is 1. The Balaban J connectivity index is 2.87. The second kappa shape index (κ2) is 5.86. The van der Waals surface area contributed by atoms with Crippen LogP contribution in [0.1, 0.15) is 17.5 Å². The molecule has 0 heterocycles. The van der Waals surface area contributed by atoms with Crippen LogP contribution in [0.3, 0.4) is 0 Å². The Bertz CT molecular complexity index is 318. The van der Waals surface area contributed by atoms with Crippen molar-refractivity contribution >= 4 is 22.0 Å².